The average molecular weight is 466 g/mol. The Kier molecular flexibility index (Phi) is 5.25. The van der Waals surface area contributed by atoms with Crippen molar-refractivity contribution in [1.82, 2.24) is 4.98 Å². The molecule has 0 aliphatic rings. The Morgan fingerprint density at radius 1 is 0.889 bits per heavy atom. The Labute approximate surface area is 172 Å². The molecular formula is C23H19IN2O. The van der Waals surface area contributed by atoms with Crippen molar-refractivity contribution in [2.24, 2.45) is 0 Å². The van der Waals surface area contributed by atoms with Crippen LogP contribution in [0.4, 0.5) is 5.69 Å². The summed E-state index contributed by atoms with van der Waals surface area (Å²) in [4.78, 5) is 18.1. The topological polar surface area (TPSA) is 36.1 Å². The monoisotopic (exact) mass is 466 g/mol. The van der Waals surface area contributed by atoms with Crippen LogP contribution in [0.25, 0.3) is 22.2 Å². The van der Waals surface area contributed by atoms with Crippen molar-refractivity contribution < 1.29 is 4.79 Å². The molecule has 4 heteroatoms. The van der Waals surface area contributed by atoms with E-state index in [1.165, 1.54) is 0 Å². The summed E-state index contributed by atoms with van der Waals surface area (Å²) < 4.78 is 0.436. The fourth-order valence-corrected chi connectivity index (χ4v) is 3.71. The number of aromatic amines is 1. The van der Waals surface area contributed by atoms with E-state index < -0.39 is 0 Å². The van der Waals surface area contributed by atoms with Crippen molar-refractivity contribution in [2.75, 3.05) is 9.33 Å². The van der Waals surface area contributed by atoms with Crippen molar-refractivity contribution >= 4 is 45.1 Å². The summed E-state index contributed by atoms with van der Waals surface area (Å²) in [5.74, 6) is 0.100. The number of alkyl halides is 1. The Balaban J connectivity index is 1.80. The fourth-order valence-electron chi connectivity index (χ4n) is 3.30. The maximum atomic E-state index is 12.8. The lowest BCUT2D eigenvalue weighted by atomic mass is 10.1. The zero-order valence-corrected chi connectivity index (χ0v) is 16.9. The van der Waals surface area contributed by atoms with Crippen LogP contribution >= 0.6 is 22.6 Å². The van der Waals surface area contributed by atoms with Gasteiger partial charge in [-0.2, -0.15) is 0 Å². The summed E-state index contributed by atoms with van der Waals surface area (Å²) in [6, 6.07) is 28.6. The number of benzene rings is 3. The van der Waals surface area contributed by atoms with Crippen molar-refractivity contribution in [3.63, 3.8) is 0 Å². The molecule has 4 rings (SSSR count). The smallest absolute Gasteiger partial charge is 0.237 e. The molecule has 4 aromatic rings. The number of hydrogen-bond acceptors (Lipinski definition) is 1. The molecule has 1 N–H and O–H groups in total. The third-order valence-electron chi connectivity index (χ3n) is 4.61. The molecular weight excluding hydrogens is 447 g/mol. The first kappa shape index (κ1) is 17.8. The Morgan fingerprint density at radius 2 is 1.59 bits per heavy atom. The van der Waals surface area contributed by atoms with Crippen LogP contribution in [0.15, 0.2) is 84.9 Å². The number of carbonyl (C=O) groups excluding carboxylic acids is 1. The summed E-state index contributed by atoms with van der Waals surface area (Å²) in [5, 5.41) is 1.16. The minimum absolute atomic E-state index is 0.100. The molecule has 0 saturated heterocycles. The molecule has 0 bridgehead atoms. The van der Waals surface area contributed by atoms with Gasteiger partial charge >= 0.3 is 0 Å². The first-order valence-corrected chi connectivity index (χ1v) is 10.4. The zero-order chi connectivity index (χ0) is 18.6. The summed E-state index contributed by atoms with van der Waals surface area (Å²) in [6.07, 6.45) is 0. The van der Waals surface area contributed by atoms with Gasteiger partial charge in [-0.25, -0.2) is 0 Å². The standard InChI is InChI=1S/C23H19IN2O/c24-15-23(27)26(16-17-8-2-1-3-9-17)22-13-7-5-11-19(22)21-14-18-10-4-6-12-20(18)25-21/h1-14,25H,15-16H2. The highest BCUT2D eigenvalue weighted by Gasteiger charge is 2.19. The molecule has 0 spiro atoms. The van der Waals surface area contributed by atoms with Crippen molar-refractivity contribution in [1.29, 1.82) is 0 Å². The molecule has 0 atom stereocenters. The lowest BCUT2D eigenvalue weighted by Crippen LogP contribution is -2.31. The maximum absolute atomic E-state index is 12.8. The van der Waals surface area contributed by atoms with E-state index in [4.69, 9.17) is 0 Å². The van der Waals surface area contributed by atoms with Gasteiger partial charge in [0, 0.05) is 22.2 Å². The minimum atomic E-state index is 0.100. The second-order valence-corrected chi connectivity index (χ2v) is 7.15. The fraction of sp³-hybridized carbons (Fsp3) is 0.0870. The maximum Gasteiger partial charge on any atom is 0.237 e. The van der Waals surface area contributed by atoms with Crippen molar-refractivity contribution in [2.45, 2.75) is 6.54 Å². The molecule has 1 heterocycles. The Hall–Kier alpha value is -2.60. The van der Waals surface area contributed by atoms with Gasteiger partial charge in [0.25, 0.3) is 0 Å². The number of aromatic nitrogens is 1. The number of amides is 1. The predicted molar refractivity (Wildman–Crippen MR) is 120 cm³/mol. The van der Waals surface area contributed by atoms with Gasteiger partial charge in [0.15, 0.2) is 0 Å². The van der Waals surface area contributed by atoms with Gasteiger partial charge in [0.05, 0.1) is 16.7 Å². The molecule has 3 aromatic carbocycles. The number of halogens is 1. The van der Waals surface area contributed by atoms with Crippen molar-refractivity contribution in [3.05, 3.63) is 90.5 Å². The van der Waals surface area contributed by atoms with Crippen molar-refractivity contribution in [3.8, 4) is 11.3 Å². The van der Waals surface area contributed by atoms with Crippen LogP contribution in [-0.2, 0) is 11.3 Å². The quantitative estimate of drug-likeness (QED) is 0.293. The number of anilines is 1. The summed E-state index contributed by atoms with van der Waals surface area (Å²) in [5.41, 5.74) is 5.18. The summed E-state index contributed by atoms with van der Waals surface area (Å²) in [6.45, 7) is 0.555. The number of nitrogens with zero attached hydrogens (tertiary/aromatic N) is 1. The van der Waals surface area contributed by atoms with Crippen LogP contribution in [0.2, 0.25) is 0 Å². The molecule has 0 fully saturated rings. The van der Waals surface area contributed by atoms with E-state index in [-0.39, 0.29) is 5.91 Å². The largest absolute Gasteiger partial charge is 0.354 e. The molecule has 0 aliphatic heterocycles. The minimum Gasteiger partial charge on any atom is -0.354 e. The zero-order valence-electron chi connectivity index (χ0n) is 14.7. The average Bonchev–Trinajstić information content (AvgIpc) is 3.16. The molecule has 0 unspecified atom stereocenters. The summed E-state index contributed by atoms with van der Waals surface area (Å²) >= 11 is 2.14. The van der Waals surface area contributed by atoms with Crippen LogP contribution in [0.1, 0.15) is 5.56 Å². The summed E-state index contributed by atoms with van der Waals surface area (Å²) in [7, 11) is 0. The highest BCUT2D eigenvalue weighted by Crippen LogP contribution is 2.33. The van der Waals surface area contributed by atoms with E-state index in [2.05, 4.69) is 64.0 Å². The van der Waals surface area contributed by atoms with Gasteiger partial charge < -0.3 is 9.88 Å². The lowest BCUT2D eigenvalue weighted by molar-refractivity contribution is -0.116. The van der Waals surface area contributed by atoms with E-state index in [1.54, 1.807) is 0 Å². The molecule has 1 amide bonds. The molecule has 3 nitrogen and oxygen atoms in total. The van der Waals surface area contributed by atoms with Crippen LogP contribution in [-0.4, -0.2) is 15.3 Å². The number of H-pyrrole nitrogens is 1. The molecule has 27 heavy (non-hydrogen) atoms. The molecule has 134 valence electrons. The van der Waals surface area contributed by atoms with Gasteiger partial charge in [-0.1, -0.05) is 89.3 Å². The number of hydrogen-bond donors (Lipinski definition) is 1. The Morgan fingerprint density at radius 3 is 2.37 bits per heavy atom. The van der Waals surface area contributed by atoms with Crippen LogP contribution in [0, 0.1) is 0 Å². The third kappa shape index (κ3) is 3.76. The predicted octanol–water partition coefficient (Wildman–Crippen LogP) is 5.80. The number of carbonyl (C=O) groups is 1. The van der Waals surface area contributed by atoms with Gasteiger partial charge in [0.1, 0.15) is 0 Å². The van der Waals surface area contributed by atoms with E-state index in [0.29, 0.717) is 11.0 Å². The first-order chi connectivity index (χ1) is 13.3. The molecule has 0 radical (unpaired) electrons. The molecule has 0 saturated carbocycles. The normalized spacial score (nSPS) is 10.9. The number of fused-ring (bicyclic) bond motifs is 1. The number of nitrogens with one attached hydrogen (secondary N) is 1. The Bertz CT molecular complexity index is 1040. The molecule has 0 aliphatic carbocycles. The van der Waals surface area contributed by atoms with Crippen LogP contribution in [0.5, 0.6) is 0 Å². The second kappa shape index (κ2) is 7.96. The molecule has 1 aromatic heterocycles. The second-order valence-electron chi connectivity index (χ2n) is 6.39. The lowest BCUT2D eigenvalue weighted by Gasteiger charge is -2.24. The van der Waals surface area contributed by atoms with E-state index >= 15 is 0 Å². The highest BCUT2D eigenvalue weighted by molar-refractivity contribution is 14.1. The van der Waals surface area contributed by atoms with Gasteiger partial charge in [-0.15, -0.1) is 0 Å². The number of rotatable bonds is 5. The SMILES string of the molecule is O=C(CI)N(Cc1ccccc1)c1ccccc1-c1cc2ccccc2[nH]1. The van der Waals surface area contributed by atoms with Gasteiger partial charge in [-0.05, 0) is 23.8 Å². The number of para-hydroxylation sites is 2. The van der Waals surface area contributed by atoms with Crippen LogP contribution < -0.4 is 4.90 Å². The van der Waals surface area contributed by atoms with Crippen LogP contribution in [0.3, 0.4) is 0 Å². The van der Waals surface area contributed by atoms with E-state index in [1.807, 2.05) is 53.4 Å². The van der Waals surface area contributed by atoms with E-state index in [9.17, 15) is 4.79 Å². The third-order valence-corrected chi connectivity index (χ3v) is 5.27. The highest BCUT2D eigenvalue weighted by atomic mass is 127. The first-order valence-electron chi connectivity index (χ1n) is 8.83. The van der Waals surface area contributed by atoms with Gasteiger partial charge in [0.2, 0.25) is 5.91 Å². The van der Waals surface area contributed by atoms with E-state index in [0.717, 1.165) is 33.4 Å². The van der Waals surface area contributed by atoms with Gasteiger partial charge in [-0.3, -0.25) is 4.79 Å².